The molecule has 2 heterocycles. The number of hydrogen-bond donors (Lipinski definition) is 2. The van der Waals surface area contributed by atoms with Gasteiger partial charge in [0, 0.05) is 23.6 Å². The third kappa shape index (κ3) is 6.32. The van der Waals surface area contributed by atoms with Crippen molar-refractivity contribution < 1.29 is 28.4 Å². The minimum Gasteiger partial charge on any atom is -0.448 e. The van der Waals surface area contributed by atoms with Gasteiger partial charge in [-0.1, -0.05) is 5.16 Å². The SMILES string of the molecule is CCOC(=O)n1nc([C@H]2CC[C@@H](OC(=O)NC(C)(C)C)C2)cc1NC(=O)Cc1ccon1. The van der Waals surface area contributed by atoms with Crippen molar-refractivity contribution in [1.82, 2.24) is 20.3 Å². The van der Waals surface area contributed by atoms with E-state index in [1.807, 2.05) is 20.8 Å². The number of rotatable bonds is 6. The van der Waals surface area contributed by atoms with Crippen LogP contribution in [0, 0.1) is 0 Å². The molecule has 3 rings (SSSR count). The molecule has 0 radical (unpaired) electrons. The molecule has 1 aliphatic rings. The fourth-order valence-electron chi connectivity index (χ4n) is 3.49. The van der Waals surface area contributed by atoms with E-state index in [0.717, 1.165) is 11.1 Å². The van der Waals surface area contributed by atoms with Gasteiger partial charge in [-0.05, 0) is 47.0 Å². The lowest BCUT2D eigenvalue weighted by atomic mass is 10.0. The summed E-state index contributed by atoms with van der Waals surface area (Å²) in [6, 6.07) is 3.24. The number of hydrogen-bond acceptors (Lipinski definition) is 8. The highest BCUT2D eigenvalue weighted by Gasteiger charge is 2.32. The first-order chi connectivity index (χ1) is 15.1. The van der Waals surface area contributed by atoms with Gasteiger partial charge in [-0.15, -0.1) is 4.68 Å². The van der Waals surface area contributed by atoms with Gasteiger partial charge in [0.15, 0.2) is 0 Å². The summed E-state index contributed by atoms with van der Waals surface area (Å²) >= 11 is 0. The molecule has 1 aliphatic carbocycles. The molecular formula is C21H29N5O6. The van der Waals surface area contributed by atoms with Crippen molar-refractivity contribution >= 4 is 23.9 Å². The normalized spacial score (nSPS) is 18.2. The maximum absolute atomic E-state index is 12.4. The topological polar surface area (TPSA) is 138 Å². The molecule has 0 saturated heterocycles. The zero-order valence-corrected chi connectivity index (χ0v) is 18.7. The van der Waals surface area contributed by atoms with Gasteiger partial charge in [0.2, 0.25) is 5.91 Å². The monoisotopic (exact) mass is 447 g/mol. The lowest BCUT2D eigenvalue weighted by Crippen LogP contribution is -2.42. The summed E-state index contributed by atoms with van der Waals surface area (Å²) in [7, 11) is 0. The van der Waals surface area contributed by atoms with Crippen LogP contribution in [0.4, 0.5) is 15.4 Å². The van der Waals surface area contributed by atoms with Crippen LogP contribution in [0.1, 0.15) is 64.3 Å². The average molecular weight is 447 g/mol. The van der Waals surface area contributed by atoms with Gasteiger partial charge in [-0.2, -0.15) is 5.10 Å². The van der Waals surface area contributed by atoms with E-state index in [1.165, 1.54) is 6.26 Å². The Morgan fingerprint density at radius 2 is 2.06 bits per heavy atom. The second kappa shape index (κ2) is 9.84. The quantitative estimate of drug-likeness (QED) is 0.688. The first kappa shape index (κ1) is 23.3. The Balaban J connectivity index is 1.68. The maximum Gasteiger partial charge on any atom is 0.436 e. The lowest BCUT2D eigenvalue weighted by molar-refractivity contribution is -0.115. The van der Waals surface area contributed by atoms with Crippen LogP contribution in [0.25, 0.3) is 0 Å². The minimum atomic E-state index is -0.689. The number of amides is 2. The van der Waals surface area contributed by atoms with Crippen LogP contribution in [-0.4, -0.2) is 51.3 Å². The first-order valence-electron chi connectivity index (χ1n) is 10.6. The Bertz CT molecular complexity index is 947. The van der Waals surface area contributed by atoms with E-state index in [0.29, 0.717) is 24.2 Å². The van der Waals surface area contributed by atoms with E-state index in [4.69, 9.17) is 14.0 Å². The molecule has 2 aromatic rings. The van der Waals surface area contributed by atoms with Crippen molar-refractivity contribution in [2.24, 2.45) is 0 Å². The van der Waals surface area contributed by atoms with Crippen molar-refractivity contribution in [1.29, 1.82) is 0 Å². The Hall–Kier alpha value is -3.37. The number of nitrogens with one attached hydrogen (secondary N) is 2. The van der Waals surface area contributed by atoms with Gasteiger partial charge in [0.05, 0.1) is 24.4 Å². The summed E-state index contributed by atoms with van der Waals surface area (Å²) in [5.74, 6) is -0.187. The van der Waals surface area contributed by atoms with E-state index in [9.17, 15) is 14.4 Å². The van der Waals surface area contributed by atoms with E-state index in [2.05, 4.69) is 20.9 Å². The van der Waals surface area contributed by atoms with Gasteiger partial charge in [-0.25, -0.2) is 9.59 Å². The molecule has 2 aromatic heterocycles. The summed E-state index contributed by atoms with van der Waals surface area (Å²) in [5, 5.41) is 13.5. The molecule has 11 nitrogen and oxygen atoms in total. The van der Waals surface area contributed by atoms with E-state index in [-0.39, 0.29) is 42.3 Å². The van der Waals surface area contributed by atoms with E-state index < -0.39 is 12.2 Å². The van der Waals surface area contributed by atoms with Crippen LogP contribution in [-0.2, 0) is 20.7 Å². The van der Waals surface area contributed by atoms with Gasteiger partial charge in [0.25, 0.3) is 0 Å². The van der Waals surface area contributed by atoms with E-state index >= 15 is 0 Å². The van der Waals surface area contributed by atoms with Crippen molar-refractivity contribution in [3.8, 4) is 0 Å². The van der Waals surface area contributed by atoms with Crippen molar-refractivity contribution in [2.45, 2.75) is 70.9 Å². The molecule has 1 fully saturated rings. The molecule has 0 spiro atoms. The predicted octanol–water partition coefficient (Wildman–Crippen LogP) is 3.22. The second-order valence-electron chi connectivity index (χ2n) is 8.69. The van der Waals surface area contributed by atoms with Gasteiger partial charge < -0.3 is 24.6 Å². The highest BCUT2D eigenvalue weighted by molar-refractivity contribution is 5.93. The second-order valence-corrected chi connectivity index (χ2v) is 8.69. The standard InChI is InChI=1S/C21H29N5O6/c1-5-30-20(29)26-17(22-18(27)11-14-8-9-31-25-14)12-16(24-26)13-6-7-15(10-13)32-19(28)23-21(2,3)4/h8-9,12-13,15H,5-7,10-11H2,1-4H3,(H,22,27)(H,23,28)/t13-,15+/m0/s1. The summed E-state index contributed by atoms with van der Waals surface area (Å²) in [6.45, 7) is 7.50. The lowest BCUT2D eigenvalue weighted by Gasteiger charge is -2.22. The molecule has 0 unspecified atom stereocenters. The van der Waals surface area contributed by atoms with Crippen LogP contribution in [0.15, 0.2) is 22.9 Å². The number of alkyl carbamates (subject to hydrolysis) is 1. The third-order valence-corrected chi connectivity index (χ3v) is 4.82. The summed E-state index contributed by atoms with van der Waals surface area (Å²) in [6.07, 6.45) is 1.96. The Labute approximate surface area is 185 Å². The molecule has 1 saturated carbocycles. The maximum atomic E-state index is 12.4. The molecule has 0 aromatic carbocycles. The highest BCUT2D eigenvalue weighted by Crippen LogP contribution is 2.36. The van der Waals surface area contributed by atoms with Crippen molar-refractivity contribution in [2.75, 3.05) is 11.9 Å². The van der Waals surface area contributed by atoms with Gasteiger partial charge in [0.1, 0.15) is 18.2 Å². The Morgan fingerprint density at radius 1 is 1.28 bits per heavy atom. The smallest absolute Gasteiger partial charge is 0.436 e. The van der Waals surface area contributed by atoms with Gasteiger partial charge in [-0.3, -0.25) is 4.79 Å². The molecule has 11 heteroatoms. The Kier molecular flexibility index (Phi) is 7.16. The van der Waals surface area contributed by atoms with Crippen LogP contribution in [0.5, 0.6) is 0 Å². The predicted molar refractivity (Wildman–Crippen MR) is 113 cm³/mol. The Morgan fingerprint density at radius 3 is 2.72 bits per heavy atom. The number of carbonyl (C=O) groups is 3. The largest absolute Gasteiger partial charge is 0.448 e. The van der Waals surface area contributed by atoms with Crippen LogP contribution >= 0.6 is 0 Å². The summed E-state index contributed by atoms with van der Waals surface area (Å²) in [5.41, 5.74) is 0.707. The highest BCUT2D eigenvalue weighted by atomic mass is 16.6. The molecule has 2 atom stereocenters. The third-order valence-electron chi connectivity index (χ3n) is 4.82. The van der Waals surface area contributed by atoms with Crippen LogP contribution in [0.3, 0.4) is 0 Å². The zero-order chi connectivity index (χ0) is 23.3. The summed E-state index contributed by atoms with van der Waals surface area (Å²) in [4.78, 5) is 36.8. The zero-order valence-electron chi connectivity index (χ0n) is 18.7. The average Bonchev–Trinajstić information content (AvgIpc) is 3.41. The molecule has 2 N–H and O–H groups in total. The fourth-order valence-corrected chi connectivity index (χ4v) is 3.49. The number of aromatic nitrogens is 3. The number of ether oxygens (including phenoxy) is 2. The number of anilines is 1. The van der Waals surface area contributed by atoms with Crippen molar-refractivity contribution in [3.05, 3.63) is 29.8 Å². The van der Waals surface area contributed by atoms with E-state index in [1.54, 1.807) is 19.1 Å². The molecule has 32 heavy (non-hydrogen) atoms. The number of nitrogens with zero attached hydrogens (tertiary/aromatic N) is 3. The molecule has 2 amide bonds. The van der Waals surface area contributed by atoms with Crippen LogP contribution in [0.2, 0.25) is 0 Å². The first-order valence-corrected chi connectivity index (χ1v) is 10.6. The minimum absolute atomic E-state index is 0.0118. The molecule has 0 aliphatic heterocycles. The molecular weight excluding hydrogens is 418 g/mol. The molecule has 174 valence electrons. The van der Waals surface area contributed by atoms with Gasteiger partial charge >= 0.3 is 12.2 Å². The van der Waals surface area contributed by atoms with Crippen molar-refractivity contribution in [3.63, 3.8) is 0 Å². The number of carbonyl (C=O) groups excluding carboxylic acids is 3. The summed E-state index contributed by atoms with van der Waals surface area (Å²) < 4.78 is 16.4. The van der Waals surface area contributed by atoms with Crippen LogP contribution < -0.4 is 10.6 Å². The fraction of sp³-hybridized carbons (Fsp3) is 0.571. The molecule has 0 bridgehead atoms.